The number of esters is 1. The fourth-order valence-electron chi connectivity index (χ4n) is 1.63. The predicted molar refractivity (Wildman–Crippen MR) is 71.8 cm³/mol. The van der Waals surface area contributed by atoms with E-state index in [1.807, 2.05) is 0 Å². The van der Waals surface area contributed by atoms with Crippen LogP contribution in [-0.2, 0) is 16.1 Å². The Bertz CT molecular complexity index is 624. The van der Waals surface area contributed by atoms with E-state index in [-0.39, 0.29) is 12.1 Å². The third kappa shape index (κ3) is 4.17. The number of amides is 1. The zero-order chi connectivity index (χ0) is 15.2. The Morgan fingerprint density at radius 1 is 1.33 bits per heavy atom. The van der Waals surface area contributed by atoms with Gasteiger partial charge < -0.3 is 14.5 Å². The molecule has 0 aliphatic heterocycles. The maximum absolute atomic E-state index is 13.0. The van der Waals surface area contributed by atoms with Gasteiger partial charge in [0.15, 0.2) is 6.10 Å². The van der Waals surface area contributed by atoms with Gasteiger partial charge in [-0.2, -0.15) is 0 Å². The van der Waals surface area contributed by atoms with Crippen LogP contribution in [0, 0.1) is 5.82 Å². The molecule has 6 heteroatoms. The number of carbonyl (C=O) groups excluding carboxylic acids is 2. The Hall–Kier alpha value is -2.63. The zero-order valence-electron chi connectivity index (χ0n) is 11.3. The van der Waals surface area contributed by atoms with E-state index in [2.05, 4.69) is 5.32 Å². The molecule has 1 atom stereocenters. The summed E-state index contributed by atoms with van der Waals surface area (Å²) in [6.45, 7) is 1.64. The molecule has 1 aromatic heterocycles. The van der Waals surface area contributed by atoms with Crippen molar-refractivity contribution in [3.05, 3.63) is 59.8 Å². The van der Waals surface area contributed by atoms with Crippen LogP contribution in [0.1, 0.15) is 23.0 Å². The van der Waals surface area contributed by atoms with E-state index in [0.29, 0.717) is 5.76 Å². The average molecular weight is 291 g/mol. The first-order chi connectivity index (χ1) is 10.1. The lowest BCUT2D eigenvalue weighted by atomic mass is 10.2. The number of benzene rings is 1. The lowest BCUT2D eigenvalue weighted by Gasteiger charge is -2.13. The fraction of sp³-hybridized carbons (Fsp3) is 0.200. The number of furan rings is 1. The summed E-state index contributed by atoms with van der Waals surface area (Å²) in [5, 5.41) is 2.57. The second-order valence-corrected chi connectivity index (χ2v) is 4.36. The van der Waals surface area contributed by atoms with Gasteiger partial charge in [-0.1, -0.05) is 6.07 Å². The average Bonchev–Trinajstić information content (AvgIpc) is 2.97. The first kappa shape index (κ1) is 14.8. The highest BCUT2D eigenvalue weighted by Crippen LogP contribution is 2.07. The van der Waals surface area contributed by atoms with Crippen LogP contribution in [0.3, 0.4) is 0 Å². The molecule has 5 nitrogen and oxygen atoms in total. The summed E-state index contributed by atoms with van der Waals surface area (Å²) < 4.78 is 23.0. The third-order valence-electron chi connectivity index (χ3n) is 2.73. The van der Waals surface area contributed by atoms with Gasteiger partial charge in [0.2, 0.25) is 0 Å². The molecule has 0 bridgehead atoms. The summed E-state index contributed by atoms with van der Waals surface area (Å²) in [5.41, 5.74) is 0.0562. The molecule has 110 valence electrons. The van der Waals surface area contributed by atoms with E-state index >= 15 is 0 Å². The van der Waals surface area contributed by atoms with Crippen molar-refractivity contribution in [2.45, 2.75) is 19.6 Å². The molecular weight excluding hydrogens is 277 g/mol. The standard InChI is InChI=1S/C15H14FNO4/c1-10(14(18)17-9-13-6-3-7-20-13)21-15(19)11-4-2-5-12(16)8-11/h2-8,10H,9H2,1H3,(H,17,18)/t10-/m1/s1. The van der Waals surface area contributed by atoms with Gasteiger partial charge in [0.25, 0.3) is 5.91 Å². The van der Waals surface area contributed by atoms with Crippen LogP contribution in [0.25, 0.3) is 0 Å². The number of nitrogens with one attached hydrogen (secondary N) is 1. The summed E-state index contributed by atoms with van der Waals surface area (Å²) in [6.07, 6.45) is 0.505. The molecule has 2 rings (SSSR count). The summed E-state index contributed by atoms with van der Waals surface area (Å²) in [5.74, 6) is -1.17. The summed E-state index contributed by atoms with van der Waals surface area (Å²) in [4.78, 5) is 23.5. The number of halogens is 1. The summed E-state index contributed by atoms with van der Waals surface area (Å²) >= 11 is 0. The van der Waals surface area contributed by atoms with Crippen molar-refractivity contribution in [3.8, 4) is 0 Å². The van der Waals surface area contributed by atoms with Crippen LogP contribution in [0.15, 0.2) is 47.1 Å². The molecular formula is C15H14FNO4. The fourth-order valence-corrected chi connectivity index (χ4v) is 1.63. The van der Waals surface area contributed by atoms with E-state index in [1.165, 1.54) is 31.4 Å². The number of hydrogen-bond acceptors (Lipinski definition) is 4. The van der Waals surface area contributed by atoms with Crippen molar-refractivity contribution in [2.24, 2.45) is 0 Å². The highest BCUT2D eigenvalue weighted by atomic mass is 19.1. The Morgan fingerprint density at radius 3 is 2.81 bits per heavy atom. The van der Waals surface area contributed by atoms with Gasteiger partial charge in [0, 0.05) is 0 Å². The highest BCUT2D eigenvalue weighted by Gasteiger charge is 2.19. The molecule has 0 saturated heterocycles. The minimum atomic E-state index is -0.990. The first-order valence-electron chi connectivity index (χ1n) is 6.33. The van der Waals surface area contributed by atoms with Gasteiger partial charge in [-0.25, -0.2) is 9.18 Å². The second-order valence-electron chi connectivity index (χ2n) is 4.36. The van der Waals surface area contributed by atoms with Gasteiger partial charge in [-0.05, 0) is 37.3 Å². The van der Waals surface area contributed by atoms with Crippen LogP contribution < -0.4 is 5.32 Å². The third-order valence-corrected chi connectivity index (χ3v) is 2.73. The summed E-state index contributed by atoms with van der Waals surface area (Å²) in [6, 6.07) is 8.50. The van der Waals surface area contributed by atoms with E-state index in [9.17, 15) is 14.0 Å². The molecule has 2 aromatic rings. The second kappa shape index (κ2) is 6.69. The largest absolute Gasteiger partial charge is 0.467 e. The molecule has 0 aliphatic carbocycles. The van der Waals surface area contributed by atoms with Crippen molar-refractivity contribution in [2.75, 3.05) is 0 Å². The van der Waals surface area contributed by atoms with Gasteiger partial charge in [-0.3, -0.25) is 4.79 Å². The van der Waals surface area contributed by atoms with Crippen LogP contribution in [0.5, 0.6) is 0 Å². The Balaban J connectivity index is 1.86. The number of rotatable bonds is 5. The van der Waals surface area contributed by atoms with Crippen molar-refractivity contribution in [3.63, 3.8) is 0 Å². The normalized spacial score (nSPS) is 11.7. The minimum absolute atomic E-state index is 0.0562. The van der Waals surface area contributed by atoms with Crippen molar-refractivity contribution < 1.29 is 23.1 Å². The van der Waals surface area contributed by atoms with E-state index in [4.69, 9.17) is 9.15 Å². The van der Waals surface area contributed by atoms with E-state index in [1.54, 1.807) is 12.1 Å². The molecule has 21 heavy (non-hydrogen) atoms. The molecule has 0 fully saturated rings. The quantitative estimate of drug-likeness (QED) is 0.858. The summed E-state index contributed by atoms with van der Waals surface area (Å²) in [7, 11) is 0. The minimum Gasteiger partial charge on any atom is -0.467 e. The molecule has 1 N–H and O–H groups in total. The zero-order valence-corrected chi connectivity index (χ0v) is 11.3. The van der Waals surface area contributed by atoms with E-state index in [0.717, 1.165) is 6.07 Å². The molecule has 1 heterocycles. The topological polar surface area (TPSA) is 68.5 Å². The number of ether oxygens (including phenoxy) is 1. The van der Waals surface area contributed by atoms with E-state index < -0.39 is 23.8 Å². The Morgan fingerprint density at radius 2 is 2.14 bits per heavy atom. The van der Waals surface area contributed by atoms with Gasteiger partial charge >= 0.3 is 5.97 Å². The number of carbonyl (C=O) groups is 2. The maximum atomic E-state index is 13.0. The van der Waals surface area contributed by atoms with Gasteiger partial charge in [-0.15, -0.1) is 0 Å². The Labute approximate surface area is 120 Å². The molecule has 0 aliphatic rings. The Kier molecular flexibility index (Phi) is 4.71. The predicted octanol–water partition coefficient (Wildman–Crippen LogP) is 2.28. The highest BCUT2D eigenvalue weighted by molar-refractivity contribution is 5.92. The van der Waals surface area contributed by atoms with Gasteiger partial charge in [0.05, 0.1) is 18.4 Å². The van der Waals surface area contributed by atoms with Crippen LogP contribution in [0.4, 0.5) is 4.39 Å². The van der Waals surface area contributed by atoms with Crippen LogP contribution in [0.2, 0.25) is 0 Å². The number of hydrogen-bond donors (Lipinski definition) is 1. The van der Waals surface area contributed by atoms with Crippen LogP contribution in [-0.4, -0.2) is 18.0 Å². The molecule has 1 aromatic carbocycles. The van der Waals surface area contributed by atoms with Crippen molar-refractivity contribution in [1.29, 1.82) is 0 Å². The SMILES string of the molecule is C[C@@H](OC(=O)c1cccc(F)c1)C(=O)NCc1ccco1. The maximum Gasteiger partial charge on any atom is 0.339 e. The monoisotopic (exact) mass is 291 g/mol. The lowest BCUT2D eigenvalue weighted by Crippen LogP contribution is -2.35. The smallest absolute Gasteiger partial charge is 0.339 e. The molecule has 0 spiro atoms. The molecule has 1 amide bonds. The van der Waals surface area contributed by atoms with Gasteiger partial charge in [0.1, 0.15) is 11.6 Å². The molecule has 0 radical (unpaired) electrons. The van der Waals surface area contributed by atoms with Crippen molar-refractivity contribution >= 4 is 11.9 Å². The van der Waals surface area contributed by atoms with Crippen LogP contribution >= 0.6 is 0 Å². The lowest BCUT2D eigenvalue weighted by molar-refractivity contribution is -0.129. The molecule has 0 saturated carbocycles. The molecule has 0 unspecified atom stereocenters. The first-order valence-corrected chi connectivity index (χ1v) is 6.33. The van der Waals surface area contributed by atoms with Crippen molar-refractivity contribution in [1.82, 2.24) is 5.32 Å².